The molecule has 3 heterocycles. The summed E-state index contributed by atoms with van der Waals surface area (Å²) in [5, 5.41) is 16.6. The lowest BCUT2D eigenvalue weighted by Crippen LogP contribution is -2.12. The number of fused-ring (bicyclic) bond motifs is 1. The Morgan fingerprint density at radius 1 is 1.00 bits per heavy atom. The van der Waals surface area contributed by atoms with Gasteiger partial charge in [0.2, 0.25) is 0 Å². The van der Waals surface area contributed by atoms with Crippen LogP contribution in [0, 0.1) is 11.3 Å². The van der Waals surface area contributed by atoms with E-state index in [4.69, 9.17) is 11.1 Å². The number of nitriles is 1. The Hall–Kier alpha value is -4.22. The van der Waals surface area contributed by atoms with E-state index in [0.29, 0.717) is 29.6 Å². The molecule has 142 valence electrons. The van der Waals surface area contributed by atoms with Crippen LogP contribution < -0.4 is 21.9 Å². The van der Waals surface area contributed by atoms with Crippen molar-refractivity contribution in [2.24, 2.45) is 5.84 Å². The molecule has 1 aromatic carbocycles. The quantitative estimate of drug-likeness (QED) is 0.295. The Morgan fingerprint density at radius 3 is 2.79 bits per heavy atom. The zero-order valence-electron chi connectivity index (χ0n) is 15.4. The van der Waals surface area contributed by atoms with Crippen LogP contribution in [-0.2, 0) is 6.54 Å². The summed E-state index contributed by atoms with van der Waals surface area (Å²) in [7, 11) is 0. The van der Waals surface area contributed by atoms with E-state index in [1.165, 1.54) is 0 Å². The number of hydrogen-bond acceptors (Lipinski definition) is 8. The maximum atomic E-state index is 8.99. The number of nitrogen functional groups attached to an aromatic ring is 1. The number of pyridine rings is 3. The monoisotopic (exact) mass is 382 g/mol. The number of nitrogens with zero attached hydrogens (tertiary/aromatic N) is 4. The molecule has 5 N–H and O–H groups in total. The van der Waals surface area contributed by atoms with Crippen LogP contribution in [0.5, 0.6) is 0 Å². The third-order valence-electron chi connectivity index (χ3n) is 4.33. The van der Waals surface area contributed by atoms with Gasteiger partial charge in [-0.3, -0.25) is 10.8 Å². The summed E-state index contributed by atoms with van der Waals surface area (Å²) in [4.78, 5) is 12.9. The predicted molar refractivity (Wildman–Crippen MR) is 113 cm³/mol. The highest BCUT2D eigenvalue weighted by molar-refractivity contribution is 5.79. The zero-order valence-corrected chi connectivity index (χ0v) is 15.4. The summed E-state index contributed by atoms with van der Waals surface area (Å²) in [6, 6.07) is 19.1. The van der Waals surface area contributed by atoms with Gasteiger partial charge in [0.15, 0.2) is 5.82 Å². The summed E-state index contributed by atoms with van der Waals surface area (Å²) < 4.78 is 0. The Labute approximate surface area is 167 Å². The molecule has 0 unspecified atom stereocenters. The van der Waals surface area contributed by atoms with Gasteiger partial charge in [0.25, 0.3) is 0 Å². The second-order valence-corrected chi connectivity index (χ2v) is 6.29. The van der Waals surface area contributed by atoms with Gasteiger partial charge in [-0.05, 0) is 48.0 Å². The Bertz CT molecular complexity index is 1200. The standard InChI is InChI=1S/C21H18N8/c22-12-17-11-16(7-9-24-17)27-20-6-5-19(29-23)21(28-20)26-13-14-3-4-18-15(10-14)2-1-8-25-18/h1-11,29H,13,23H2,(H2,24,26,27,28). The lowest BCUT2D eigenvalue weighted by molar-refractivity contribution is 1.11. The minimum Gasteiger partial charge on any atom is -0.364 e. The molecule has 29 heavy (non-hydrogen) atoms. The third-order valence-corrected chi connectivity index (χ3v) is 4.33. The summed E-state index contributed by atoms with van der Waals surface area (Å²) in [6.07, 6.45) is 3.36. The fraction of sp³-hybridized carbons (Fsp3) is 0.0476. The second kappa shape index (κ2) is 8.21. The molecule has 8 nitrogen and oxygen atoms in total. The van der Waals surface area contributed by atoms with E-state index in [1.54, 1.807) is 30.6 Å². The second-order valence-electron chi connectivity index (χ2n) is 6.29. The molecule has 0 spiro atoms. The molecular formula is C21H18N8. The van der Waals surface area contributed by atoms with Crippen molar-refractivity contribution in [3.63, 3.8) is 0 Å². The highest BCUT2D eigenvalue weighted by Crippen LogP contribution is 2.24. The lowest BCUT2D eigenvalue weighted by atomic mass is 10.1. The normalized spacial score (nSPS) is 10.3. The van der Waals surface area contributed by atoms with E-state index in [-0.39, 0.29) is 0 Å². The van der Waals surface area contributed by atoms with Gasteiger partial charge in [0.1, 0.15) is 17.6 Å². The van der Waals surface area contributed by atoms with Gasteiger partial charge in [-0.15, -0.1) is 0 Å². The molecular weight excluding hydrogens is 364 g/mol. The van der Waals surface area contributed by atoms with Gasteiger partial charge in [0, 0.05) is 30.0 Å². The van der Waals surface area contributed by atoms with E-state index in [9.17, 15) is 0 Å². The minimum absolute atomic E-state index is 0.333. The SMILES string of the molecule is N#Cc1cc(Nc2ccc(NN)c(NCc3ccc4ncccc4c3)n2)ccn1. The number of benzene rings is 1. The van der Waals surface area contributed by atoms with Crippen molar-refractivity contribution in [1.82, 2.24) is 15.0 Å². The predicted octanol–water partition coefficient (Wildman–Crippen LogP) is 3.54. The van der Waals surface area contributed by atoms with Crippen molar-refractivity contribution in [3.05, 3.63) is 78.2 Å². The summed E-state index contributed by atoms with van der Waals surface area (Å²) >= 11 is 0. The number of hydrazine groups is 1. The lowest BCUT2D eigenvalue weighted by Gasteiger charge is -2.13. The van der Waals surface area contributed by atoms with Crippen molar-refractivity contribution < 1.29 is 0 Å². The molecule has 0 aliphatic heterocycles. The number of rotatable bonds is 6. The Balaban J connectivity index is 1.53. The molecule has 8 heteroatoms. The summed E-state index contributed by atoms with van der Waals surface area (Å²) in [6.45, 7) is 0.573. The van der Waals surface area contributed by atoms with E-state index in [2.05, 4.69) is 37.1 Å². The molecule has 0 amide bonds. The van der Waals surface area contributed by atoms with E-state index in [0.717, 1.165) is 22.2 Å². The number of nitrogens with two attached hydrogens (primary N) is 1. The van der Waals surface area contributed by atoms with Crippen LogP contribution in [0.1, 0.15) is 11.3 Å². The fourth-order valence-corrected chi connectivity index (χ4v) is 2.92. The fourth-order valence-electron chi connectivity index (χ4n) is 2.92. The summed E-state index contributed by atoms with van der Waals surface area (Å²) in [5.74, 6) is 6.86. The molecule has 3 aromatic heterocycles. The van der Waals surface area contributed by atoms with Gasteiger partial charge in [-0.2, -0.15) is 5.26 Å². The maximum absolute atomic E-state index is 8.99. The number of hydrogen-bond donors (Lipinski definition) is 4. The van der Waals surface area contributed by atoms with E-state index in [1.807, 2.05) is 36.4 Å². The van der Waals surface area contributed by atoms with Crippen LogP contribution in [0.4, 0.5) is 23.0 Å². The van der Waals surface area contributed by atoms with Crippen LogP contribution in [0.25, 0.3) is 10.9 Å². The van der Waals surface area contributed by atoms with Crippen LogP contribution >= 0.6 is 0 Å². The maximum Gasteiger partial charge on any atom is 0.153 e. The Morgan fingerprint density at radius 2 is 1.93 bits per heavy atom. The highest BCUT2D eigenvalue weighted by Gasteiger charge is 2.07. The average Bonchev–Trinajstić information content (AvgIpc) is 2.78. The molecule has 4 aromatic rings. The molecule has 0 atom stereocenters. The average molecular weight is 382 g/mol. The van der Waals surface area contributed by atoms with Crippen molar-refractivity contribution in [1.29, 1.82) is 5.26 Å². The largest absolute Gasteiger partial charge is 0.364 e. The van der Waals surface area contributed by atoms with E-state index < -0.39 is 0 Å². The molecule has 4 rings (SSSR count). The molecule has 0 aliphatic rings. The first kappa shape index (κ1) is 18.2. The summed E-state index contributed by atoms with van der Waals surface area (Å²) in [5.41, 5.74) is 6.44. The first-order valence-electron chi connectivity index (χ1n) is 8.93. The zero-order chi connectivity index (χ0) is 20.1. The molecule has 0 bridgehead atoms. The molecule has 0 aliphatic carbocycles. The highest BCUT2D eigenvalue weighted by atomic mass is 15.2. The van der Waals surface area contributed by atoms with Crippen LogP contribution in [0.2, 0.25) is 0 Å². The number of nitrogens with one attached hydrogen (secondary N) is 3. The minimum atomic E-state index is 0.333. The topological polar surface area (TPSA) is 125 Å². The first-order chi connectivity index (χ1) is 14.2. The van der Waals surface area contributed by atoms with Crippen LogP contribution in [0.15, 0.2) is 67.0 Å². The van der Waals surface area contributed by atoms with Crippen LogP contribution in [0.3, 0.4) is 0 Å². The van der Waals surface area contributed by atoms with Crippen molar-refractivity contribution in [3.8, 4) is 6.07 Å². The molecule has 0 saturated carbocycles. The number of anilines is 4. The molecule has 0 radical (unpaired) electrons. The van der Waals surface area contributed by atoms with Crippen molar-refractivity contribution in [2.45, 2.75) is 6.54 Å². The Kier molecular flexibility index (Phi) is 5.14. The molecule has 0 fully saturated rings. The van der Waals surface area contributed by atoms with Gasteiger partial charge in [0.05, 0.1) is 11.2 Å². The van der Waals surface area contributed by atoms with Gasteiger partial charge in [-0.25, -0.2) is 9.97 Å². The molecule has 0 saturated heterocycles. The van der Waals surface area contributed by atoms with Crippen LogP contribution in [-0.4, -0.2) is 15.0 Å². The van der Waals surface area contributed by atoms with E-state index >= 15 is 0 Å². The van der Waals surface area contributed by atoms with Gasteiger partial charge in [-0.1, -0.05) is 12.1 Å². The van der Waals surface area contributed by atoms with Gasteiger partial charge < -0.3 is 16.1 Å². The third kappa shape index (κ3) is 4.21. The van der Waals surface area contributed by atoms with Crippen molar-refractivity contribution >= 4 is 33.9 Å². The van der Waals surface area contributed by atoms with Crippen molar-refractivity contribution in [2.75, 3.05) is 16.1 Å². The number of aromatic nitrogens is 3. The first-order valence-corrected chi connectivity index (χ1v) is 8.93. The smallest absolute Gasteiger partial charge is 0.153 e. The van der Waals surface area contributed by atoms with Gasteiger partial charge >= 0.3 is 0 Å².